The van der Waals surface area contributed by atoms with Crippen LogP contribution in [0.5, 0.6) is 0 Å². The molecule has 2 aromatic rings. The number of anilines is 2. The van der Waals surface area contributed by atoms with Gasteiger partial charge in [-0.25, -0.2) is 0 Å². The van der Waals surface area contributed by atoms with Crippen LogP contribution in [0.15, 0.2) is 59.6 Å². The van der Waals surface area contributed by atoms with Gasteiger partial charge in [-0.1, -0.05) is 68.1 Å². The van der Waals surface area contributed by atoms with Crippen LogP contribution in [-0.2, 0) is 6.54 Å². The second kappa shape index (κ2) is 6.68. The van der Waals surface area contributed by atoms with E-state index in [2.05, 4.69) is 65.2 Å². The Kier molecular flexibility index (Phi) is 4.24. The summed E-state index contributed by atoms with van der Waals surface area (Å²) in [5.74, 6) is 1.12. The summed E-state index contributed by atoms with van der Waals surface area (Å²) in [4.78, 5) is 5.01. The van der Waals surface area contributed by atoms with Crippen molar-refractivity contribution in [3.8, 4) is 0 Å². The monoisotopic (exact) mass is 319 g/mol. The molecule has 124 valence electrons. The van der Waals surface area contributed by atoms with Crippen molar-refractivity contribution in [1.29, 1.82) is 0 Å². The molecule has 2 aliphatic rings. The number of para-hydroxylation sites is 2. The van der Waals surface area contributed by atoms with Gasteiger partial charge in [0.25, 0.3) is 0 Å². The molecule has 1 heterocycles. The van der Waals surface area contributed by atoms with Crippen molar-refractivity contribution in [3.05, 3.63) is 60.2 Å². The number of fused-ring (bicyclic) bond motifs is 1. The molecule has 3 nitrogen and oxygen atoms in total. The van der Waals surface area contributed by atoms with Gasteiger partial charge in [0.15, 0.2) is 0 Å². The van der Waals surface area contributed by atoms with E-state index in [0.717, 1.165) is 30.9 Å². The third-order valence-electron chi connectivity index (χ3n) is 5.23. The third kappa shape index (κ3) is 3.03. The van der Waals surface area contributed by atoms with Crippen molar-refractivity contribution >= 4 is 17.2 Å². The quantitative estimate of drug-likeness (QED) is 0.796. The summed E-state index contributed by atoms with van der Waals surface area (Å²) in [6.45, 7) is 0.731. The van der Waals surface area contributed by atoms with Crippen LogP contribution in [0.1, 0.15) is 44.1 Å². The first-order chi connectivity index (χ1) is 11.9. The van der Waals surface area contributed by atoms with E-state index in [1.807, 2.05) is 0 Å². The summed E-state index contributed by atoms with van der Waals surface area (Å²) < 4.78 is 0. The van der Waals surface area contributed by atoms with Gasteiger partial charge in [0, 0.05) is 0 Å². The molecule has 1 saturated carbocycles. The van der Waals surface area contributed by atoms with Gasteiger partial charge in [-0.15, -0.1) is 0 Å². The van der Waals surface area contributed by atoms with Crippen LogP contribution >= 0.6 is 0 Å². The van der Waals surface area contributed by atoms with Crippen LogP contribution in [-0.4, -0.2) is 11.4 Å². The highest BCUT2D eigenvalue weighted by molar-refractivity contribution is 6.09. The molecule has 2 N–H and O–H groups in total. The third-order valence-corrected chi connectivity index (χ3v) is 5.23. The average molecular weight is 319 g/mol. The number of amidine groups is 1. The molecule has 0 radical (unpaired) electrons. The Balaban J connectivity index is 1.68. The van der Waals surface area contributed by atoms with Crippen LogP contribution in [0.4, 0.5) is 11.4 Å². The number of hydrogen-bond acceptors (Lipinski definition) is 2. The van der Waals surface area contributed by atoms with E-state index in [-0.39, 0.29) is 5.54 Å². The second-order valence-corrected chi connectivity index (χ2v) is 6.94. The van der Waals surface area contributed by atoms with Crippen LogP contribution in [0.3, 0.4) is 0 Å². The zero-order valence-corrected chi connectivity index (χ0v) is 14.1. The average Bonchev–Trinajstić information content (AvgIpc) is 2.87. The topological polar surface area (TPSA) is 36.4 Å². The molecule has 1 aliphatic carbocycles. The first kappa shape index (κ1) is 15.3. The summed E-state index contributed by atoms with van der Waals surface area (Å²) in [6.07, 6.45) is 7.50. The molecule has 0 unspecified atom stereocenters. The van der Waals surface area contributed by atoms with E-state index in [4.69, 9.17) is 4.99 Å². The lowest BCUT2D eigenvalue weighted by molar-refractivity contribution is 0.524. The Hall–Kier alpha value is -2.29. The largest absolute Gasteiger partial charge is 0.371 e. The van der Waals surface area contributed by atoms with Gasteiger partial charge in [-0.05, 0) is 30.5 Å². The highest BCUT2D eigenvalue weighted by Crippen LogP contribution is 2.38. The first-order valence-corrected chi connectivity index (χ1v) is 9.09. The van der Waals surface area contributed by atoms with Crippen molar-refractivity contribution in [3.63, 3.8) is 0 Å². The molecule has 0 atom stereocenters. The molecule has 0 aromatic heterocycles. The van der Waals surface area contributed by atoms with Gasteiger partial charge in [-0.2, -0.15) is 0 Å². The highest BCUT2D eigenvalue weighted by Gasteiger charge is 2.39. The lowest BCUT2D eigenvalue weighted by Gasteiger charge is -2.41. The lowest BCUT2D eigenvalue weighted by atomic mass is 9.86. The normalized spacial score (nSPS) is 20.8. The van der Waals surface area contributed by atoms with Gasteiger partial charge in [0.2, 0.25) is 0 Å². The maximum absolute atomic E-state index is 5.01. The fraction of sp³-hybridized carbons (Fsp3) is 0.381. The molecule has 1 spiro atoms. The van der Waals surface area contributed by atoms with E-state index in [9.17, 15) is 0 Å². The van der Waals surface area contributed by atoms with E-state index in [0.29, 0.717) is 0 Å². The molecule has 1 fully saturated rings. The summed E-state index contributed by atoms with van der Waals surface area (Å²) >= 11 is 0. The standard InChI is InChI=1S/C21H25N3/c1-2-9-15-21(14-8-1)20(22-16-17-10-4-3-5-11-17)23-18-12-6-7-13-19(18)24-21/h3-7,10-13,24H,1-2,8-9,14-16H2,(H,22,23). The van der Waals surface area contributed by atoms with Gasteiger partial charge < -0.3 is 10.6 Å². The predicted octanol–water partition coefficient (Wildman–Crippen LogP) is 5.22. The summed E-state index contributed by atoms with van der Waals surface area (Å²) in [5, 5.41) is 7.49. The number of aliphatic imine (C=N–C) groups is 1. The Morgan fingerprint density at radius 1 is 0.792 bits per heavy atom. The number of rotatable bonds is 2. The molecule has 1 aliphatic heterocycles. The summed E-state index contributed by atoms with van der Waals surface area (Å²) in [6, 6.07) is 19.0. The molecule has 24 heavy (non-hydrogen) atoms. The van der Waals surface area contributed by atoms with E-state index in [1.54, 1.807) is 0 Å². The second-order valence-electron chi connectivity index (χ2n) is 6.94. The SMILES string of the molecule is c1ccc(CN=C2Nc3ccccc3NC23CCCCCC3)cc1. The van der Waals surface area contributed by atoms with Gasteiger partial charge in [-0.3, -0.25) is 4.99 Å². The Labute approximate surface area is 144 Å². The number of nitrogens with one attached hydrogen (secondary N) is 2. The van der Waals surface area contributed by atoms with Crippen molar-refractivity contribution in [2.45, 2.75) is 50.6 Å². The van der Waals surface area contributed by atoms with Gasteiger partial charge >= 0.3 is 0 Å². The number of hydrogen-bond donors (Lipinski definition) is 2. The smallest absolute Gasteiger partial charge is 0.127 e. The molecule has 0 saturated heterocycles. The van der Waals surface area contributed by atoms with Crippen molar-refractivity contribution < 1.29 is 0 Å². The molecular weight excluding hydrogens is 294 g/mol. The van der Waals surface area contributed by atoms with Gasteiger partial charge in [0.05, 0.1) is 23.5 Å². The fourth-order valence-corrected chi connectivity index (χ4v) is 3.90. The summed E-state index contributed by atoms with van der Waals surface area (Å²) in [7, 11) is 0. The minimum Gasteiger partial charge on any atom is -0.371 e. The van der Waals surface area contributed by atoms with Crippen LogP contribution in [0.2, 0.25) is 0 Å². The molecular formula is C21H25N3. The van der Waals surface area contributed by atoms with Crippen molar-refractivity contribution in [2.24, 2.45) is 4.99 Å². The molecule has 2 aromatic carbocycles. The van der Waals surface area contributed by atoms with Crippen molar-refractivity contribution in [1.82, 2.24) is 0 Å². The summed E-state index contributed by atoms with van der Waals surface area (Å²) in [5.41, 5.74) is 3.58. The minimum absolute atomic E-state index is 0.0281. The van der Waals surface area contributed by atoms with Gasteiger partial charge in [0.1, 0.15) is 5.84 Å². The molecule has 0 bridgehead atoms. The maximum atomic E-state index is 5.01. The molecule has 3 heteroatoms. The van der Waals surface area contributed by atoms with E-state index >= 15 is 0 Å². The zero-order valence-electron chi connectivity index (χ0n) is 14.1. The van der Waals surface area contributed by atoms with Crippen molar-refractivity contribution in [2.75, 3.05) is 10.6 Å². The van der Waals surface area contributed by atoms with E-state index in [1.165, 1.54) is 36.9 Å². The Morgan fingerprint density at radius 3 is 2.21 bits per heavy atom. The van der Waals surface area contributed by atoms with Crippen LogP contribution in [0.25, 0.3) is 0 Å². The molecule has 4 rings (SSSR count). The number of benzene rings is 2. The van der Waals surface area contributed by atoms with Crippen LogP contribution in [0, 0.1) is 0 Å². The lowest BCUT2D eigenvalue weighted by Crippen LogP contribution is -2.52. The fourth-order valence-electron chi connectivity index (χ4n) is 3.90. The van der Waals surface area contributed by atoms with E-state index < -0.39 is 0 Å². The Bertz CT molecular complexity index is 713. The first-order valence-electron chi connectivity index (χ1n) is 9.09. The highest BCUT2D eigenvalue weighted by atomic mass is 15.2. The zero-order chi connectivity index (χ0) is 16.2. The minimum atomic E-state index is -0.0281. The maximum Gasteiger partial charge on any atom is 0.127 e. The predicted molar refractivity (Wildman–Crippen MR) is 102 cm³/mol. The Morgan fingerprint density at radius 2 is 1.46 bits per heavy atom. The molecule has 0 amide bonds. The van der Waals surface area contributed by atoms with Crippen LogP contribution < -0.4 is 10.6 Å². The number of nitrogens with zero attached hydrogens (tertiary/aromatic N) is 1.